The maximum absolute atomic E-state index is 11.1. The second kappa shape index (κ2) is 5.69. The van der Waals surface area contributed by atoms with E-state index in [0.717, 1.165) is 6.42 Å². The lowest BCUT2D eigenvalue weighted by Crippen LogP contribution is -2.23. The highest BCUT2D eigenvalue weighted by atomic mass is 16.6. The van der Waals surface area contributed by atoms with Gasteiger partial charge >= 0.3 is 5.97 Å². The number of hydrogen-bond acceptors (Lipinski definition) is 4. The molecule has 1 aromatic carbocycles. The monoisotopic (exact) mass is 266 g/mol. The third-order valence-corrected chi connectivity index (χ3v) is 3.17. The van der Waals surface area contributed by atoms with Crippen LogP contribution in [0.25, 0.3) is 0 Å². The second-order valence-corrected chi connectivity index (χ2v) is 5.13. The highest BCUT2D eigenvalue weighted by Crippen LogP contribution is 2.30. The number of carboxylic acids is 1. The summed E-state index contributed by atoms with van der Waals surface area (Å²) in [6, 6.07) is 4.03. The van der Waals surface area contributed by atoms with E-state index < -0.39 is 10.9 Å². The smallest absolute Gasteiger partial charge is 0.338 e. The zero-order valence-corrected chi connectivity index (χ0v) is 11.3. The standard InChI is InChI=1S/C13H18N2O4/c1-4-13(2,3)8-14-11-9(12(16)17)6-5-7-10(11)15(18)19/h5-7,14H,4,8H2,1-3H3,(H,16,17). The molecule has 19 heavy (non-hydrogen) atoms. The van der Waals surface area contributed by atoms with Crippen molar-refractivity contribution in [3.05, 3.63) is 33.9 Å². The fraction of sp³-hybridized carbons (Fsp3) is 0.462. The van der Waals surface area contributed by atoms with Crippen LogP contribution in [0.1, 0.15) is 37.6 Å². The maximum Gasteiger partial charge on any atom is 0.338 e. The van der Waals surface area contributed by atoms with E-state index in [0.29, 0.717) is 6.54 Å². The van der Waals surface area contributed by atoms with Gasteiger partial charge in [-0.15, -0.1) is 0 Å². The Morgan fingerprint density at radius 3 is 2.58 bits per heavy atom. The first kappa shape index (κ1) is 14.9. The third kappa shape index (κ3) is 3.67. The zero-order chi connectivity index (χ0) is 14.6. The fourth-order valence-corrected chi connectivity index (χ4v) is 1.51. The highest BCUT2D eigenvalue weighted by Gasteiger charge is 2.23. The number of nitrogens with zero attached hydrogens (tertiary/aromatic N) is 1. The number of rotatable bonds is 6. The van der Waals surface area contributed by atoms with Crippen LogP contribution >= 0.6 is 0 Å². The summed E-state index contributed by atoms with van der Waals surface area (Å²) in [4.78, 5) is 21.5. The van der Waals surface area contributed by atoms with Gasteiger partial charge in [0, 0.05) is 12.6 Å². The molecular weight excluding hydrogens is 248 g/mol. The van der Waals surface area contributed by atoms with Crippen molar-refractivity contribution >= 4 is 17.3 Å². The summed E-state index contributed by atoms with van der Waals surface area (Å²) >= 11 is 0. The number of nitrogens with one attached hydrogen (secondary N) is 1. The Morgan fingerprint density at radius 1 is 1.47 bits per heavy atom. The molecule has 0 saturated heterocycles. The first-order chi connectivity index (χ1) is 8.78. The van der Waals surface area contributed by atoms with E-state index in [1.807, 2.05) is 20.8 Å². The second-order valence-electron chi connectivity index (χ2n) is 5.13. The molecule has 0 saturated carbocycles. The van der Waals surface area contributed by atoms with Crippen molar-refractivity contribution in [3.63, 3.8) is 0 Å². The summed E-state index contributed by atoms with van der Waals surface area (Å²) in [7, 11) is 0. The van der Waals surface area contributed by atoms with Gasteiger partial charge in [-0.2, -0.15) is 0 Å². The number of carboxylic acid groups (broad SMARTS) is 1. The summed E-state index contributed by atoms with van der Waals surface area (Å²) in [6.07, 6.45) is 0.878. The van der Waals surface area contributed by atoms with Crippen molar-refractivity contribution < 1.29 is 14.8 Å². The van der Waals surface area contributed by atoms with Gasteiger partial charge in [-0.3, -0.25) is 10.1 Å². The predicted octanol–water partition coefficient (Wildman–Crippen LogP) is 3.14. The zero-order valence-electron chi connectivity index (χ0n) is 11.3. The molecule has 0 aliphatic carbocycles. The number of para-hydroxylation sites is 1. The van der Waals surface area contributed by atoms with Crippen LogP contribution in [0.15, 0.2) is 18.2 Å². The van der Waals surface area contributed by atoms with Gasteiger partial charge < -0.3 is 10.4 Å². The van der Waals surface area contributed by atoms with Gasteiger partial charge in [0.05, 0.1) is 10.5 Å². The average Bonchev–Trinajstić information content (AvgIpc) is 2.35. The molecule has 0 spiro atoms. The van der Waals surface area contributed by atoms with Crippen LogP contribution in [0.3, 0.4) is 0 Å². The van der Waals surface area contributed by atoms with E-state index in [2.05, 4.69) is 5.32 Å². The quantitative estimate of drug-likeness (QED) is 0.609. The minimum absolute atomic E-state index is 0.0700. The van der Waals surface area contributed by atoms with Crippen LogP contribution in [0.4, 0.5) is 11.4 Å². The van der Waals surface area contributed by atoms with E-state index in [-0.39, 0.29) is 22.4 Å². The van der Waals surface area contributed by atoms with Gasteiger partial charge in [0.1, 0.15) is 5.69 Å². The van der Waals surface area contributed by atoms with Gasteiger partial charge in [-0.05, 0) is 17.9 Å². The molecule has 0 aliphatic heterocycles. The number of nitro groups is 1. The maximum atomic E-state index is 11.1. The number of nitro benzene ring substituents is 1. The molecule has 0 aliphatic rings. The predicted molar refractivity (Wildman–Crippen MR) is 72.6 cm³/mol. The van der Waals surface area contributed by atoms with E-state index >= 15 is 0 Å². The lowest BCUT2D eigenvalue weighted by molar-refractivity contribution is -0.384. The topological polar surface area (TPSA) is 92.5 Å². The number of anilines is 1. The van der Waals surface area contributed by atoms with Crippen LogP contribution in [-0.2, 0) is 0 Å². The summed E-state index contributed by atoms with van der Waals surface area (Å²) in [5.74, 6) is -1.18. The SMILES string of the molecule is CCC(C)(C)CNc1c(C(=O)O)cccc1[N+](=O)[O-]. The van der Waals surface area contributed by atoms with Gasteiger partial charge in [0.2, 0.25) is 0 Å². The average molecular weight is 266 g/mol. The number of hydrogen-bond donors (Lipinski definition) is 2. The van der Waals surface area contributed by atoms with Crippen LogP contribution in [0, 0.1) is 15.5 Å². The third-order valence-electron chi connectivity index (χ3n) is 3.17. The molecule has 0 atom stereocenters. The fourth-order valence-electron chi connectivity index (χ4n) is 1.51. The van der Waals surface area contributed by atoms with E-state index in [1.54, 1.807) is 0 Å². The van der Waals surface area contributed by atoms with Crippen molar-refractivity contribution in [2.24, 2.45) is 5.41 Å². The number of benzene rings is 1. The molecule has 0 bridgehead atoms. The summed E-state index contributed by atoms with van der Waals surface area (Å²) in [5.41, 5.74) is -0.297. The summed E-state index contributed by atoms with van der Waals surface area (Å²) in [5, 5.41) is 23.0. The first-order valence-corrected chi connectivity index (χ1v) is 6.03. The summed E-state index contributed by atoms with van der Waals surface area (Å²) in [6.45, 7) is 6.50. The molecule has 0 fully saturated rings. The van der Waals surface area contributed by atoms with Crippen molar-refractivity contribution in [1.29, 1.82) is 0 Å². The molecule has 0 amide bonds. The molecule has 1 rings (SSSR count). The first-order valence-electron chi connectivity index (χ1n) is 6.03. The Balaban J connectivity index is 3.15. The lowest BCUT2D eigenvalue weighted by atomic mass is 9.90. The van der Waals surface area contributed by atoms with E-state index in [9.17, 15) is 14.9 Å². The van der Waals surface area contributed by atoms with Crippen molar-refractivity contribution in [2.45, 2.75) is 27.2 Å². The van der Waals surface area contributed by atoms with E-state index in [1.165, 1.54) is 18.2 Å². The Bertz CT molecular complexity index is 465. The van der Waals surface area contributed by atoms with Gasteiger partial charge in [-0.25, -0.2) is 4.79 Å². The van der Waals surface area contributed by atoms with Gasteiger partial charge in [0.15, 0.2) is 0 Å². The Hall–Kier alpha value is -2.11. The normalized spacial score (nSPS) is 11.1. The van der Waals surface area contributed by atoms with Crippen LogP contribution < -0.4 is 5.32 Å². The molecule has 0 unspecified atom stereocenters. The van der Waals surface area contributed by atoms with Crippen LogP contribution in [-0.4, -0.2) is 22.5 Å². The Morgan fingerprint density at radius 2 is 2.11 bits per heavy atom. The van der Waals surface area contributed by atoms with Crippen LogP contribution in [0.5, 0.6) is 0 Å². The number of carbonyl (C=O) groups is 1. The largest absolute Gasteiger partial charge is 0.478 e. The van der Waals surface area contributed by atoms with E-state index in [4.69, 9.17) is 5.11 Å². The molecule has 6 nitrogen and oxygen atoms in total. The van der Waals surface area contributed by atoms with Gasteiger partial charge in [-0.1, -0.05) is 26.8 Å². The Kier molecular flexibility index (Phi) is 4.47. The molecule has 6 heteroatoms. The van der Waals surface area contributed by atoms with Crippen LogP contribution in [0.2, 0.25) is 0 Å². The molecule has 104 valence electrons. The summed E-state index contributed by atoms with van der Waals surface area (Å²) < 4.78 is 0. The minimum atomic E-state index is -1.18. The molecule has 0 heterocycles. The van der Waals surface area contributed by atoms with Crippen molar-refractivity contribution in [3.8, 4) is 0 Å². The van der Waals surface area contributed by atoms with Crippen molar-refractivity contribution in [2.75, 3.05) is 11.9 Å². The lowest BCUT2D eigenvalue weighted by Gasteiger charge is -2.24. The molecular formula is C13H18N2O4. The molecule has 0 aromatic heterocycles. The highest BCUT2D eigenvalue weighted by molar-refractivity contribution is 5.96. The molecule has 1 aromatic rings. The van der Waals surface area contributed by atoms with Gasteiger partial charge in [0.25, 0.3) is 5.69 Å². The molecule has 2 N–H and O–H groups in total. The molecule has 0 radical (unpaired) electrons. The number of aromatic carboxylic acids is 1. The minimum Gasteiger partial charge on any atom is -0.478 e. The Labute approximate surface area is 111 Å². The van der Waals surface area contributed by atoms with Crippen molar-refractivity contribution in [1.82, 2.24) is 0 Å².